The van der Waals surface area contributed by atoms with Crippen molar-refractivity contribution in [1.29, 1.82) is 0 Å². The number of anilines is 1. The third-order valence-electron chi connectivity index (χ3n) is 5.17. The van der Waals surface area contributed by atoms with Crippen molar-refractivity contribution in [3.05, 3.63) is 23.8 Å². The van der Waals surface area contributed by atoms with Crippen LogP contribution in [-0.2, 0) is 14.3 Å². The summed E-state index contributed by atoms with van der Waals surface area (Å²) in [6, 6.07) is 5.78. The van der Waals surface area contributed by atoms with Crippen LogP contribution in [0.3, 0.4) is 0 Å². The third kappa shape index (κ3) is 5.02. The maximum absolute atomic E-state index is 12.8. The van der Waals surface area contributed by atoms with E-state index in [1.807, 2.05) is 25.1 Å². The van der Waals surface area contributed by atoms with E-state index in [2.05, 4.69) is 10.2 Å². The van der Waals surface area contributed by atoms with E-state index in [-0.39, 0.29) is 18.2 Å². The summed E-state index contributed by atoms with van der Waals surface area (Å²) in [7, 11) is 0. The fourth-order valence-electron chi connectivity index (χ4n) is 3.56. The molecule has 0 aliphatic carbocycles. The summed E-state index contributed by atoms with van der Waals surface area (Å²) in [5.74, 6) is 0.528. The molecule has 3 rings (SSSR count). The molecule has 7 nitrogen and oxygen atoms in total. The van der Waals surface area contributed by atoms with Crippen LogP contribution in [0.1, 0.15) is 32.3 Å². The van der Waals surface area contributed by atoms with E-state index >= 15 is 0 Å². The van der Waals surface area contributed by atoms with Gasteiger partial charge in [0.15, 0.2) is 5.60 Å². The summed E-state index contributed by atoms with van der Waals surface area (Å²) < 4.78 is 11.2. The van der Waals surface area contributed by atoms with Gasteiger partial charge in [0.1, 0.15) is 5.75 Å². The van der Waals surface area contributed by atoms with Crippen LogP contribution in [0.2, 0.25) is 0 Å². The molecule has 7 heteroatoms. The Hall–Kier alpha value is -2.12. The molecule has 0 radical (unpaired) electrons. The number of hydrogen-bond acceptors (Lipinski definition) is 5. The van der Waals surface area contributed by atoms with Crippen molar-refractivity contribution in [2.75, 3.05) is 50.8 Å². The molecule has 1 fully saturated rings. The standard InChI is InChI=1S/C21H31N3O4/c1-16-5-6-18-17(15-16)24(20(26)21(2,3)28-18)10-7-19(25)22-8-4-9-23-11-13-27-14-12-23/h5-6,15H,4,7-14H2,1-3H3,(H,22,25). The molecule has 2 amide bonds. The molecular weight excluding hydrogens is 358 g/mol. The number of benzene rings is 1. The second-order valence-electron chi connectivity index (χ2n) is 7.95. The van der Waals surface area contributed by atoms with Crippen LogP contribution >= 0.6 is 0 Å². The van der Waals surface area contributed by atoms with Crippen LogP contribution in [0.15, 0.2) is 18.2 Å². The number of fused-ring (bicyclic) bond motifs is 1. The Balaban J connectivity index is 1.49. The van der Waals surface area contributed by atoms with Crippen molar-refractivity contribution in [3.63, 3.8) is 0 Å². The van der Waals surface area contributed by atoms with Gasteiger partial charge < -0.3 is 19.7 Å². The van der Waals surface area contributed by atoms with Gasteiger partial charge in [-0.3, -0.25) is 14.5 Å². The molecule has 0 atom stereocenters. The maximum atomic E-state index is 12.8. The molecule has 0 bridgehead atoms. The fraction of sp³-hybridized carbons (Fsp3) is 0.619. The minimum absolute atomic E-state index is 0.0340. The lowest BCUT2D eigenvalue weighted by Gasteiger charge is -2.38. The highest BCUT2D eigenvalue weighted by atomic mass is 16.5. The van der Waals surface area contributed by atoms with Gasteiger partial charge in [-0.25, -0.2) is 0 Å². The molecule has 0 spiro atoms. The zero-order valence-corrected chi connectivity index (χ0v) is 17.1. The molecule has 1 aromatic rings. The van der Waals surface area contributed by atoms with Crippen LogP contribution < -0.4 is 15.0 Å². The molecule has 0 saturated carbocycles. The van der Waals surface area contributed by atoms with Crippen molar-refractivity contribution in [1.82, 2.24) is 10.2 Å². The molecule has 154 valence electrons. The highest BCUT2D eigenvalue weighted by Crippen LogP contribution is 2.38. The van der Waals surface area contributed by atoms with E-state index < -0.39 is 5.60 Å². The predicted molar refractivity (Wildman–Crippen MR) is 108 cm³/mol. The lowest BCUT2D eigenvalue weighted by Crippen LogP contribution is -2.53. The normalized spacial score (nSPS) is 19.1. The summed E-state index contributed by atoms with van der Waals surface area (Å²) in [4.78, 5) is 29.1. The van der Waals surface area contributed by atoms with Gasteiger partial charge in [-0.15, -0.1) is 0 Å². The third-order valence-corrected chi connectivity index (χ3v) is 5.17. The van der Waals surface area contributed by atoms with Gasteiger partial charge in [0, 0.05) is 32.6 Å². The number of morpholine rings is 1. The lowest BCUT2D eigenvalue weighted by molar-refractivity contribution is -0.132. The van der Waals surface area contributed by atoms with E-state index in [0.717, 1.165) is 50.5 Å². The largest absolute Gasteiger partial charge is 0.476 e. The monoisotopic (exact) mass is 389 g/mol. The fourth-order valence-corrected chi connectivity index (χ4v) is 3.56. The first-order chi connectivity index (χ1) is 13.4. The maximum Gasteiger partial charge on any atom is 0.270 e. The van der Waals surface area contributed by atoms with Crippen molar-refractivity contribution in [3.8, 4) is 5.75 Å². The van der Waals surface area contributed by atoms with Crippen LogP contribution in [0.4, 0.5) is 5.69 Å². The van der Waals surface area contributed by atoms with Gasteiger partial charge >= 0.3 is 0 Å². The van der Waals surface area contributed by atoms with Crippen LogP contribution in [0, 0.1) is 6.92 Å². The minimum atomic E-state index is -0.934. The lowest BCUT2D eigenvalue weighted by atomic mass is 10.0. The average molecular weight is 389 g/mol. The van der Waals surface area contributed by atoms with Gasteiger partial charge in [0.25, 0.3) is 5.91 Å². The number of aryl methyl sites for hydroxylation is 1. The molecule has 1 aromatic carbocycles. The number of nitrogens with one attached hydrogen (secondary N) is 1. The summed E-state index contributed by atoms with van der Waals surface area (Å²) in [6.45, 7) is 11.0. The SMILES string of the molecule is Cc1ccc2c(c1)N(CCC(=O)NCCCN1CCOCC1)C(=O)C(C)(C)O2. The minimum Gasteiger partial charge on any atom is -0.476 e. The smallest absolute Gasteiger partial charge is 0.270 e. The van der Waals surface area contributed by atoms with E-state index in [4.69, 9.17) is 9.47 Å². The molecule has 0 aromatic heterocycles. The van der Waals surface area contributed by atoms with Crippen LogP contribution in [-0.4, -0.2) is 68.3 Å². The van der Waals surface area contributed by atoms with E-state index in [9.17, 15) is 9.59 Å². The number of ether oxygens (including phenoxy) is 2. The van der Waals surface area contributed by atoms with Crippen LogP contribution in [0.5, 0.6) is 5.75 Å². The van der Waals surface area contributed by atoms with Crippen molar-refractivity contribution in [2.24, 2.45) is 0 Å². The molecule has 28 heavy (non-hydrogen) atoms. The van der Waals surface area contributed by atoms with Gasteiger partial charge in [-0.2, -0.15) is 0 Å². The first-order valence-corrected chi connectivity index (χ1v) is 10.1. The number of hydrogen-bond donors (Lipinski definition) is 1. The highest BCUT2D eigenvalue weighted by Gasteiger charge is 2.40. The Bertz CT molecular complexity index is 714. The van der Waals surface area contributed by atoms with Gasteiger partial charge in [0.05, 0.1) is 18.9 Å². The number of carbonyl (C=O) groups excluding carboxylic acids is 2. The Kier molecular flexibility index (Phi) is 6.57. The predicted octanol–water partition coefficient (Wildman–Crippen LogP) is 1.73. The molecule has 2 aliphatic heterocycles. The topological polar surface area (TPSA) is 71.1 Å². The zero-order chi connectivity index (χ0) is 20.1. The van der Waals surface area contributed by atoms with Gasteiger partial charge in [-0.1, -0.05) is 6.07 Å². The summed E-state index contributed by atoms with van der Waals surface area (Å²) >= 11 is 0. The van der Waals surface area contributed by atoms with Crippen molar-refractivity contribution >= 4 is 17.5 Å². The molecule has 0 unspecified atom stereocenters. The van der Waals surface area contributed by atoms with Crippen LogP contribution in [0.25, 0.3) is 0 Å². The van der Waals surface area contributed by atoms with Crippen molar-refractivity contribution in [2.45, 2.75) is 39.2 Å². The molecule has 2 aliphatic rings. The molecular formula is C21H31N3O4. The molecule has 1 saturated heterocycles. The molecule has 2 heterocycles. The summed E-state index contributed by atoms with van der Waals surface area (Å²) in [5, 5.41) is 2.97. The van der Waals surface area contributed by atoms with Gasteiger partial charge in [-0.05, 0) is 51.4 Å². The number of carbonyl (C=O) groups is 2. The molecule has 1 N–H and O–H groups in total. The summed E-state index contributed by atoms with van der Waals surface area (Å²) in [5.41, 5.74) is 0.855. The number of amides is 2. The van der Waals surface area contributed by atoms with E-state index in [1.54, 1.807) is 18.7 Å². The summed E-state index contributed by atoms with van der Waals surface area (Å²) in [6.07, 6.45) is 1.18. The highest BCUT2D eigenvalue weighted by molar-refractivity contribution is 6.02. The zero-order valence-electron chi connectivity index (χ0n) is 17.1. The first-order valence-electron chi connectivity index (χ1n) is 10.1. The number of nitrogens with zero attached hydrogens (tertiary/aromatic N) is 2. The Morgan fingerprint density at radius 3 is 2.71 bits per heavy atom. The van der Waals surface area contributed by atoms with Gasteiger partial charge in [0.2, 0.25) is 5.91 Å². The first kappa shape index (κ1) is 20.6. The second kappa shape index (κ2) is 8.92. The second-order valence-corrected chi connectivity index (χ2v) is 7.95. The number of rotatable bonds is 7. The van der Waals surface area contributed by atoms with Crippen molar-refractivity contribution < 1.29 is 19.1 Å². The average Bonchev–Trinajstić information content (AvgIpc) is 2.67. The quantitative estimate of drug-likeness (QED) is 0.719. The Morgan fingerprint density at radius 2 is 1.96 bits per heavy atom. The Morgan fingerprint density at radius 1 is 1.21 bits per heavy atom. The Labute approximate surface area is 167 Å². The van der Waals surface area contributed by atoms with E-state index in [0.29, 0.717) is 18.8 Å². The van der Waals surface area contributed by atoms with E-state index in [1.165, 1.54) is 0 Å².